The molecule has 4 aromatic heterocycles. The van der Waals surface area contributed by atoms with Crippen LogP contribution in [0.25, 0.3) is 33.9 Å². The van der Waals surface area contributed by atoms with Crippen LogP contribution in [-0.4, -0.2) is 60.7 Å². The first kappa shape index (κ1) is 26.9. The van der Waals surface area contributed by atoms with Crippen LogP contribution in [0.2, 0.25) is 0 Å². The molecule has 0 amide bonds. The summed E-state index contributed by atoms with van der Waals surface area (Å²) in [6.45, 7) is 4.35. The highest BCUT2D eigenvalue weighted by atomic mass is 32.2. The molecule has 4 heterocycles. The summed E-state index contributed by atoms with van der Waals surface area (Å²) in [7, 11) is -3.10. The van der Waals surface area contributed by atoms with E-state index in [0.717, 1.165) is 24.4 Å². The van der Waals surface area contributed by atoms with E-state index < -0.39 is 9.84 Å². The van der Waals surface area contributed by atoms with Gasteiger partial charge < -0.3 is 13.9 Å². The summed E-state index contributed by atoms with van der Waals surface area (Å²) >= 11 is 0. The van der Waals surface area contributed by atoms with Gasteiger partial charge in [-0.15, -0.1) is 0 Å². The van der Waals surface area contributed by atoms with Crippen LogP contribution in [0.3, 0.4) is 0 Å². The summed E-state index contributed by atoms with van der Waals surface area (Å²) < 4.78 is 34.5. The fourth-order valence-electron chi connectivity index (χ4n) is 4.79. The lowest BCUT2D eigenvalue weighted by atomic mass is 10.2. The van der Waals surface area contributed by atoms with Crippen molar-refractivity contribution >= 4 is 20.7 Å². The largest absolute Gasteiger partial charge is 0.491 e. The first-order chi connectivity index (χ1) is 19.7. The van der Waals surface area contributed by atoms with Crippen molar-refractivity contribution in [3.63, 3.8) is 0 Å². The summed E-state index contributed by atoms with van der Waals surface area (Å²) in [5.41, 5.74) is 2.46. The first-order valence-electron chi connectivity index (χ1n) is 13.6. The molecule has 1 saturated carbocycles. The molecule has 0 aliphatic heterocycles. The minimum atomic E-state index is -3.10. The number of benzene rings is 1. The number of aromatic nitrogens is 7. The molecule has 0 bridgehead atoms. The van der Waals surface area contributed by atoms with Crippen LogP contribution in [-0.2, 0) is 9.84 Å². The molecule has 6 rings (SSSR count). The molecule has 1 aromatic carbocycles. The predicted molar refractivity (Wildman–Crippen MR) is 156 cm³/mol. The van der Waals surface area contributed by atoms with Crippen LogP contribution in [0.15, 0.2) is 66.4 Å². The number of rotatable bonds is 10. The van der Waals surface area contributed by atoms with Crippen LogP contribution < -0.4 is 10.3 Å². The second-order valence-corrected chi connectivity index (χ2v) is 13.0. The van der Waals surface area contributed by atoms with Crippen molar-refractivity contribution in [2.45, 2.75) is 45.1 Å². The zero-order chi connectivity index (χ0) is 28.7. The van der Waals surface area contributed by atoms with E-state index in [4.69, 9.17) is 9.72 Å². The Morgan fingerprint density at radius 2 is 1.93 bits per heavy atom. The standard InChI is InChI=1S/C29H31N7O4S/c1-19(2)35-11-10-30-28(35)22-6-4-7-27(33-22)36-18-32-23-15-26(40-12-5-13-41(3,38)39)25(14-21(23)29(36)37)34-16-24(31-17-34)20-8-9-20/h4,6-7,10-11,14-20H,5,8-9,12-13H2,1-3H3. The van der Waals surface area contributed by atoms with Crippen molar-refractivity contribution in [2.24, 2.45) is 0 Å². The van der Waals surface area contributed by atoms with Crippen LogP contribution in [0.1, 0.15) is 50.8 Å². The second-order valence-electron chi connectivity index (χ2n) is 10.7. The fraction of sp³-hybridized carbons (Fsp3) is 0.345. The number of hydrogen-bond donors (Lipinski definition) is 0. The van der Waals surface area contributed by atoms with Crippen molar-refractivity contribution in [1.82, 2.24) is 33.6 Å². The number of fused-ring (bicyclic) bond motifs is 1. The summed E-state index contributed by atoms with van der Waals surface area (Å²) in [4.78, 5) is 32.2. The maximum Gasteiger partial charge on any atom is 0.267 e. The van der Waals surface area contributed by atoms with Crippen LogP contribution in [0, 0.1) is 0 Å². The maximum atomic E-state index is 13.8. The van der Waals surface area contributed by atoms with E-state index in [-0.39, 0.29) is 24.0 Å². The Morgan fingerprint density at radius 1 is 1.10 bits per heavy atom. The number of sulfone groups is 1. The Kier molecular flexibility index (Phi) is 6.94. The van der Waals surface area contributed by atoms with Crippen molar-refractivity contribution in [3.8, 4) is 28.8 Å². The van der Waals surface area contributed by atoms with Crippen LogP contribution in [0.5, 0.6) is 5.75 Å². The van der Waals surface area contributed by atoms with E-state index in [1.54, 1.807) is 30.7 Å². The molecule has 0 spiro atoms. The Hall–Kier alpha value is -4.32. The number of imidazole rings is 2. The van der Waals surface area contributed by atoms with Gasteiger partial charge in [-0.1, -0.05) is 6.07 Å². The van der Waals surface area contributed by atoms with Gasteiger partial charge in [-0.3, -0.25) is 9.36 Å². The third-order valence-corrected chi connectivity index (χ3v) is 8.10. The molecule has 0 atom stereocenters. The Bertz CT molecular complexity index is 1900. The molecule has 0 unspecified atom stereocenters. The zero-order valence-electron chi connectivity index (χ0n) is 23.1. The molecule has 5 aromatic rings. The van der Waals surface area contributed by atoms with E-state index in [9.17, 15) is 13.2 Å². The van der Waals surface area contributed by atoms with Crippen LogP contribution >= 0.6 is 0 Å². The molecule has 12 heteroatoms. The SMILES string of the molecule is CC(C)n1ccnc1-c1cccc(-n2cnc3cc(OCCCS(C)(=O)=O)c(-n4cnc(C5CC5)c4)cc3c2=O)n1. The van der Waals surface area contributed by atoms with Gasteiger partial charge in [0.2, 0.25) is 0 Å². The van der Waals surface area contributed by atoms with Crippen LogP contribution in [0.4, 0.5) is 0 Å². The van der Waals surface area contributed by atoms with Gasteiger partial charge in [-0.25, -0.2) is 28.4 Å². The average Bonchev–Trinajstić information content (AvgIpc) is 3.45. The minimum Gasteiger partial charge on any atom is -0.491 e. The van der Waals surface area contributed by atoms with Gasteiger partial charge in [0.05, 0.1) is 41.0 Å². The Balaban J connectivity index is 1.41. The molecular formula is C29H31N7O4S. The molecule has 212 valence electrons. The third kappa shape index (κ3) is 5.64. The van der Waals surface area contributed by atoms with E-state index in [1.807, 2.05) is 33.7 Å². The van der Waals surface area contributed by atoms with E-state index in [1.165, 1.54) is 17.2 Å². The Morgan fingerprint density at radius 3 is 2.68 bits per heavy atom. The summed E-state index contributed by atoms with van der Waals surface area (Å²) in [5.74, 6) is 2.13. The average molecular weight is 574 g/mol. The molecule has 11 nitrogen and oxygen atoms in total. The van der Waals surface area contributed by atoms with Gasteiger partial charge in [-0.2, -0.15) is 0 Å². The molecule has 0 radical (unpaired) electrons. The zero-order valence-corrected chi connectivity index (χ0v) is 24.0. The molecule has 41 heavy (non-hydrogen) atoms. The summed E-state index contributed by atoms with van der Waals surface area (Å²) in [6, 6.07) is 9.15. The van der Waals surface area contributed by atoms with Gasteiger partial charge in [0.25, 0.3) is 5.56 Å². The minimum absolute atomic E-state index is 0.0270. The normalized spacial score (nSPS) is 13.8. The molecular weight excluding hydrogens is 542 g/mol. The Labute approximate surface area is 237 Å². The second kappa shape index (κ2) is 10.6. The summed E-state index contributed by atoms with van der Waals surface area (Å²) in [6.07, 6.45) is 12.6. The number of hydrogen-bond acceptors (Lipinski definition) is 8. The monoisotopic (exact) mass is 573 g/mol. The molecule has 1 fully saturated rings. The quantitative estimate of drug-likeness (QED) is 0.229. The highest BCUT2D eigenvalue weighted by Crippen LogP contribution is 2.39. The van der Waals surface area contributed by atoms with Crippen molar-refractivity contribution in [2.75, 3.05) is 18.6 Å². The number of nitrogens with zero attached hydrogens (tertiary/aromatic N) is 7. The van der Waals surface area contributed by atoms with Crippen molar-refractivity contribution in [3.05, 3.63) is 77.6 Å². The van der Waals surface area contributed by atoms with Gasteiger partial charge in [0, 0.05) is 42.9 Å². The van der Waals surface area contributed by atoms with Crippen molar-refractivity contribution in [1.29, 1.82) is 0 Å². The number of pyridine rings is 1. The topological polar surface area (TPSA) is 127 Å². The van der Waals surface area contributed by atoms with Gasteiger partial charge in [0.1, 0.15) is 33.4 Å². The first-order valence-corrected chi connectivity index (χ1v) is 15.6. The summed E-state index contributed by atoms with van der Waals surface area (Å²) in [5, 5.41) is 0.392. The lowest BCUT2D eigenvalue weighted by Crippen LogP contribution is -2.20. The molecule has 0 N–H and O–H groups in total. The van der Waals surface area contributed by atoms with Crippen molar-refractivity contribution < 1.29 is 13.2 Å². The smallest absolute Gasteiger partial charge is 0.267 e. The predicted octanol–water partition coefficient (Wildman–Crippen LogP) is 4.10. The molecule has 0 saturated heterocycles. The molecule has 1 aliphatic carbocycles. The molecule has 1 aliphatic rings. The highest BCUT2D eigenvalue weighted by molar-refractivity contribution is 7.90. The highest BCUT2D eigenvalue weighted by Gasteiger charge is 2.26. The lowest BCUT2D eigenvalue weighted by molar-refractivity contribution is 0.317. The van der Waals surface area contributed by atoms with E-state index >= 15 is 0 Å². The van der Waals surface area contributed by atoms with Gasteiger partial charge in [0.15, 0.2) is 5.82 Å². The lowest BCUT2D eigenvalue weighted by Gasteiger charge is -2.14. The van der Waals surface area contributed by atoms with Gasteiger partial charge in [-0.05, 0) is 51.3 Å². The maximum absolute atomic E-state index is 13.8. The van der Waals surface area contributed by atoms with E-state index in [0.29, 0.717) is 46.2 Å². The fourth-order valence-corrected chi connectivity index (χ4v) is 5.43. The third-order valence-electron chi connectivity index (χ3n) is 7.07. The van der Waals surface area contributed by atoms with Gasteiger partial charge >= 0.3 is 0 Å². The number of ether oxygens (including phenoxy) is 1. The van der Waals surface area contributed by atoms with E-state index in [2.05, 4.69) is 28.8 Å².